The van der Waals surface area contributed by atoms with Gasteiger partial charge in [0.2, 0.25) is 0 Å². The molecule has 3 aromatic carbocycles. The molecule has 5 rings (SSSR count). The van der Waals surface area contributed by atoms with Gasteiger partial charge in [-0.3, -0.25) is 14.5 Å². The maximum atomic E-state index is 13.5. The number of amides is 1. The number of anilines is 1. The molecule has 0 aromatic heterocycles. The van der Waals surface area contributed by atoms with Gasteiger partial charge in [-0.05, 0) is 55.8 Å². The fourth-order valence-corrected chi connectivity index (χ4v) is 4.55. The highest BCUT2D eigenvalue weighted by Gasteiger charge is 2.47. The summed E-state index contributed by atoms with van der Waals surface area (Å²) in [5, 5.41) is 11.4. The zero-order valence-corrected chi connectivity index (χ0v) is 20.8. The molecule has 1 unspecified atom stereocenters. The van der Waals surface area contributed by atoms with Crippen molar-refractivity contribution in [1.29, 1.82) is 0 Å². The lowest BCUT2D eigenvalue weighted by molar-refractivity contribution is -0.132. The largest absolute Gasteiger partial charge is 0.507 e. The summed E-state index contributed by atoms with van der Waals surface area (Å²) in [6.45, 7) is 4.60. The molecule has 1 atom stereocenters. The van der Waals surface area contributed by atoms with Crippen LogP contribution in [0.2, 0.25) is 0 Å². The monoisotopic (exact) mass is 501 g/mol. The Labute approximate surface area is 214 Å². The maximum absolute atomic E-state index is 13.5. The summed E-state index contributed by atoms with van der Waals surface area (Å²) in [4.78, 5) is 28.3. The highest BCUT2D eigenvalue weighted by molar-refractivity contribution is 6.51. The molecular weight excluding hydrogens is 474 g/mol. The summed E-state index contributed by atoms with van der Waals surface area (Å²) in [7, 11) is 1.54. The third-order valence-corrected chi connectivity index (χ3v) is 6.14. The van der Waals surface area contributed by atoms with E-state index in [4.69, 9.17) is 18.9 Å². The van der Waals surface area contributed by atoms with Gasteiger partial charge in [0, 0.05) is 17.3 Å². The molecule has 1 fully saturated rings. The highest BCUT2D eigenvalue weighted by atomic mass is 16.6. The smallest absolute Gasteiger partial charge is 0.300 e. The van der Waals surface area contributed by atoms with Gasteiger partial charge in [-0.25, -0.2) is 0 Å². The summed E-state index contributed by atoms with van der Waals surface area (Å²) < 4.78 is 22.5. The van der Waals surface area contributed by atoms with Crippen molar-refractivity contribution in [3.05, 3.63) is 83.4 Å². The van der Waals surface area contributed by atoms with Crippen LogP contribution in [-0.4, -0.2) is 43.2 Å². The van der Waals surface area contributed by atoms with Crippen molar-refractivity contribution in [2.75, 3.05) is 25.2 Å². The molecule has 8 nitrogen and oxygen atoms in total. The number of hydrogen-bond acceptors (Lipinski definition) is 7. The van der Waals surface area contributed by atoms with E-state index in [1.54, 1.807) is 66.7 Å². The van der Waals surface area contributed by atoms with E-state index in [2.05, 4.69) is 0 Å². The molecule has 8 heteroatoms. The van der Waals surface area contributed by atoms with Gasteiger partial charge in [0.15, 0.2) is 11.5 Å². The molecule has 0 spiro atoms. The minimum Gasteiger partial charge on any atom is -0.507 e. The summed E-state index contributed by atoms with van der Waals surface area (Å²) in [5.41, 5.74) is 1.38. The van der Waals surface area contributed by atoms with Crippen LogP contribution in [0.4, 0.5) is 5.69 Å². The third kappa shape index (κ3) is 4.58. The number of ether oxygens (including phenoxy) is 4. The Morgan fingerprint density at radius 2 is 1.68 bits per heavy atom. The Balaban J connectivity index is 1.68. The fourth-order valence-electron chi connectivity index (χ4n) is 4.55. The number of carbonyl (C=O) groups excluding carboxylic acids is 2. The van der Waals surface area contributed by atoms with Gasteiger partial charge in [-0.2, -0.15) is 0 Å². The van der Waals surface area contributed by atoms with E-state index in [1.807, 2.05) is 13.8 Å². The Morgan fingerprint density at radius 1 is 0.946 bits per heavy atom. The second-order valence-electron chi connectivity index (χ2n) is 8.97. The average molecular weight is 502 g/mol. The third-order valence-electron chi connectivity index (χ3n) is 6.14. The van der Waals surface area contributed by atoms with Crippen LogP contribution in [0.3, 0.4) is 0 Å². The second kappa shape index (κ2) is 9.89. The predicted molar refractivity (Wildman–Crippen MR) is 137 cm³/mol. The van der Waals surface area contributed by atoms with Gasteiger partial charge in [-0.15, -0.1) is 0 Å². The SMILES string of the molecule is COc1cccc(C2/C(=C(\O)c3cccc(OC(C)C)c3)C(=O)C(=O)N2c2ccc3c(c2)OCCO3)c1. The molecule has 0 saturated carbocycles. The molecule has 1 amide bonds. The quantitative estimate of drug-likeness (QED) is 0.292. The van der Waals surface area contributed by atoms with Gasteiger partial charge in [-0.1, -0.05) is 24.3 Å². The molecule has 0 radical (unpaired) electrons. The second-order valence-corrected chi connectivity index (χ2v) is 8.97. The number of ketones is 1. The first-order valence-corrected chi connectivity index (χ1v) is 12.0. The lowest BCUT2D eigenvalue weighted by atomic mass is 9.95. The van der Waals surface area contributed by atoms with Crippen molar-refractivity contribution in [2.45, 2.75) is 26.0 Å². The number of benzene rings is 3. The first-order chi connectivity index (χ1) is 17.9. The molecule has 1 N–H and O–H groups in total. The summed E-state index contributed by atoms with van der Waals surface area (Å²) in [5.74, 6) is 0.284. The number of aliphatic hydroxyl groups excluding tert-OH is 1. The van der Waals surface area contributed by atoms with Crippen molar-refractivity contribution in [1.82, 2.24) is 0 Å². The predicted octanol–water partition coefficient (Wildman–Crippen LogP) is 4.88. The van der Waals surface area contributed by atoms with Crippen LogP contribution < -0.4 is 23.8 Å². The molecule has 190 valence electrons. The Bertz CT molecular complexity index is 1390. The van der Waals surface area contributed by atoms with Gasteiger partial charge < -0.3 is 24.1 Å². The zero-order chi connectivity index (χ0) is 26.1. The van der Waals surface area contributed by atoms with E-state index in [-0.39, 0.29) is 17.4 Å². The number of carbonyl (C=O) groups is 2. The van der Waals surface area contributed by atoms with Gasteiger partial charge in [0.05, 0.1) is 24.8 Å². The molecular formula is C29H27NO7. The molecule has 3 aromatic rings. The standard InChI is InChI=1S/C29H27NO7/c1-17(2)37-22-9-5-7-19(15-22)27(31)25-26(18-6-4-8-21(14-18)34-3)30(29(33)28(25)32)20-10-11-23-24(16-20)36-13-12-35-23/h4-11,14-17,26,31H,12-13H2,1-3H3/b27-25+. The molecule has 2 aliphatic rings. The normalized spacial score (nSPS) is 18.3. The van der Waals surface area contributed by atoms with Crippen molar-refractivity contribution in [2.24, 2.45) is 0 Å². The van der Waals surface area contributed by atoms with Gasteiger partial charge in [0.25, 0.3) is 11.7 Å². The lowest BCUT2D eigenvalue weighted by Crippen LogP contribution is -2.29. The van der Waals surface area contributed by atoms with Crippen molar-refractivity contribution in [3.8, 4) is 23.0 Å². The summed E-state index contributed by atoms with van der Waals surface area (Å²) >= 11 is 0. The minimum absolute atomic E-state index is 0.0326. The van der Waals surface area contributed by atoms with E-state index in [0.29, 0.717) is 53.0 Å². The number of nitrogens with zero attached hydrogens (tertiary/aromatic N) is 1. The van der Waals surface area contributed by atoms with Crippen LogP contribution in [0.5, 0.6) is 23.0 Å². The Morgan fingerprint density at radius 3 is 2.43 bits per heavy atom. The minimum atomic E-state index is -0.910. The van der Waals surface area contributed by atoms with Crippen molar-refractivity contribution >= 4 is 23.1 Å². The topological polar surface area (TPSA) is 94.5 Å². The number of fused-ring (bicyclic) bond motifs is 1. The van der Waals surface area contributed by atoms with Crippen LogP contribution in [0.25, 0.3) is 5.76 Å². The van der Waals surface area contributed by atoms with E-state index in [1.165, 1.54) is 12.0 Å². The molecule has 0 aliphatic carbocycles. The number of methoxy groups -OCH3 is 1. The molecule has 0 bridgehead atoms. The van der Waals surface area contributed by atoms with Crippen LogP contribution in [-0.2, 0) is 9.59 Å². The van der Waals surface area contributed by atoms with Crippen LogP contribution in [0.1, 0.15) is 31.0 Å². The fraction of sp³-hybridized carbons (Fsp3) is 0.241. The van der Waals surface area contributed by atoms with E-state index in [0.717, 1.165) is 0 Å². The van der Waals surface area contributed by atoms with Crippen molar-refractivity contribution < 1.29 is 33.6 Å². The average Bonchev–Trinajstić information content (AvgIpc) is 3.18. The van der Waals surface area contributed by atoms with Crippen LogP contribution in [0, 0.1) is 0 Å². The Kier molecular flexibility index (Phi) is 6.48. The number of Topliss-reactive ketones (excluding diaryl/α,β-unsaturated/α-hetero) is 1. The molecule has 37 heavy (non-hydrogen) atoms. The zero-order valence-electron chi connectivity index (χ0n) is 20.8. The first-order valence-electron chi connectivity index (χ1n) is 12.0. The molecule has 1 saturated heterocycles. The maximum Gasteiger partial charge on any atom is 0.300 e. The van der Waals surface area contributed by atoms with Crippen molar-refractivity contribution in [3.63, 3.8) is 0 Å². The van der Waals surface area contributed by atoms with Gasteiger partial charge in [0.1, 0.15) is 30.5 Å². The van der Waals surface area contributed by atoms with E-state index >= 15 is 0 Å². The van der Waals surface area contributed by atoms with E-state index < -0.39 is 17.7 Å². The summed E-state index contributed by atoms with van der Waals surface area (Å²) in [6, 6.07) is 18.1. The number of hydrogen-bond donors (Lipinski definition) is 1. The van der Waals surface area contributed by atoms with Crippen LogP contribution >= 0.6 is 0 Å². The lowest BCUT2D eigenvalue weighted by Gasteiger charge is -2.27. The highest BCUT2D eigenvalue weighted by Crippen LogP contribution is 2.45. The van der Waals surface area contributed by atoms with E-state index in [9.17, 15) is 14.7 Å². The number of aliphatic hydroxyl groups is 1. The molecule has 2 aliphatic heterocycles. The van der Waals surface area contributed by atoms with Crippen LogP contribution in [0.15, 0.2) is 72.3 Å². The first kappa shape index (κ1) is 24.2. The van der Waals surface area contributed by atoms with Gasteiger partial charge >= 0.3 is 0 Å². The molecule has 2 heterocycles. The summed E-state index contributed by atoms with van der Waals surface area (Å²) in [6.07, 6.45) is -0.0741. The Hall–Kier alpha value is -4.46. The number of rotatable bonds is 6.